The van der Waals surface area contributed by atoms with Crippen LogP contribution in [0.4, 0.5) is 13.2 Å². The van der Waals surface area contributed by atoms with Crippen LogP contribution in [0.2, 0.25) is 4.34 Å². The Morgan fingerprint density at radius 3 is 2.83 bits per heavy atom. The van der Waals surface area contributed by atoms with Crippen molar-refractivity contribution in [1.82, 2.24) is 19.9 Å². The van der Waals surface area contributed by atoms with E-state index in [0.29, 0.717) is 14.8 Å². The first kappa shape index (κ1) is 20.6. The number of piperidine rings is 1. The lowest BCUT2D eigenvalue weighted by Crippen LogP contribution is -2.54. The molecule has 1 saturated heterocycles. The molecule has 2 aromatic rings. The van der Waals surface area contributed by atoms with Crippen LogP contribution in [0.3, 0.4) is 0 Å². The Labute approximate surface area is 173 Å². The molecule has 0 aromatic carbocycles. The fraction of sp³-hybridized carbons (Fsp3) is 0.588. The second-order valence-electron chi connectivity index (χ2n) is 7.63. The van der Waals surface area contributed by atoms with E-state index in [4.69, 9.17) is 16.3 Å². The van der Waals surface area contributed by atoms with Gasteiger partial charge in [-0.25, -0.2) is 0 Å². The first-order valence-corrected chi connectivity index (χ1v) is 10.0. The van der Waals surface area contributed by atoms with Crippen molar-refractivity contribution in [3.8, 4) is 0 Å². The Bertz CT molecular complexity index is 960. The highest BCUT2D eigenvalue weighted by Gasteiger charge is 2.55. The molecule has 0 bridgehead atoms. The molecule has 158 valence electrons. The Morgan fingerprint density at radius 2 is 2.21 bits per heavy atom. The Kier molecular flexibility index (Phi) is 4.72. The van der Waals surface area contributed by atoms with Crippen molar-refractivity contribution in [2.24, 2.45) is 7.05 Å². The van der Waals surface area contributed by atoms with Crippen molar-refractivity contribution < 1.29 is 27.8 Å². The van der Waals surface area contributed by atoms with E-state index < -0.39 is 29.3 Å². The van der Waals surface area contributed by atoms with Crippen LogP contribution in [-0.4, -0.2) is 50.2 Å². The average Bonchev–Trinajstić information content (AvgIpc) is 3.24. The summed E-state index contributed by atoms with van der Waals surface area (Å²) in [5.41, 5.74) is -1.38. The Balaban J connectivity index is 1.77. The Morgan fingerprint density at radius 1 is 1.48 bits per heavy atom. The summed E-state index contributed by atoms with van der Waals surface area (Å²) in [7, 11) is 1.59. The van der Waals surface area contributed by atoms with Crippen LogP contribution in [0.15, 0.2) is 12.3 Å². The highest BCUT2D eigenvalue weighted by Crippen LogP contribution is 2.54. The summed E-state index contributed by atoms with van der Waals surface area (Å²) in [6, 6.07) is 0.680. The number of likely N-dealkylation sites (tertiary alicyclic amines) is 1. The first-order chi connectivity index (χ1) is 13.4. The second kappa shape index (κ2) is 6.66. The fourth-order valence-corrected chi connectivity index (χ4v) is 5.56. The highest BCUT2D eigenvalue weighted by molar-refractivity contribution is 7.16. The van der Waals surface area contributed by atoms with Crippen LogP contribution in [0.1, 0.15) is 41.9 Å². The normalized spacial score (nSPS) is 29.9. The van der Waals surface area contributed by atoms with E-state index in [0.717, 1.165) is 4.90 Å². The molecule has 3 atom stereocenters. The van der Waals surface area contributed by atoms with Crippen LogP contribution in [-0.2, 0) is 27.8 Å². The summed E-state index contributed by atoms with van der Waals surface area (Å²) < 4.78 is 47.5. The molecule has 29 heavy (non-hydrogen) atoms. The van der Waals surface area contributed by atoms with Gasteiger partial charge in [0.1, 0.15) is 16.9 Å². The largest absolute Gasteiger partial charge is 0.471 e. The van der Waals surface area contributed by atoms with Crippen molar-refractivity contribution in [1.29, 1.82) is 0 Å². The first-order valence-electron chi connectivity index (χ1n) is 8.84. The standard InChI is InChI=1S/C17H18ClF3N4O3S/c1-15(27)8-28-16(13-9(15)5-12(18)29-13)3-4-25(14(26)17(19,20)21)11(6-16)10-7-24(2)23-22-10/h5,7,11,27H,3-4,6,8H2,1-2H3/t11-,15?,16-/m0/s1. The molecular formula is C17H18ClF3N4O3S. The molecule has 2 aliphatic heterocycles. The molecule has 1 unspecified atom stereocenters. The maximum Gasteiger partial charge on any atom is 0.471 e. The predicted octanol–water partition coefficient (Wildman–Crippen LogP) is 2.89. The number of thiophene rings is 1. The number of nitrogens with zero attached hydrogens (tertiary/aromatic N) is 4. The number of carbonyl (C=O) groups is 1. The van der Waals surface area contributed by atoms with Gasteiger partial charge in [0, 0.05) is 30.5 Å². The van der Waals surface area contributed by atoms with Gasteiger partial charge in [0.05, 0.1) is 23.2 Å². The van der Waals surface area contributed by atoms with Gasteiger partial charge < -0.3 is 14.7 Å². The Hall–Kier alpha value is -1.69. The van der Waals surface area contributed by atoms with Crippen LogP contribution in [0, 0.1) is 0 Å². The van der Waals surface area contributed by atoms with Gasteiger partial charge in [-0.3, -0.25) is 9.48 Å². The zero-order valence-electron chi connectivity index (χ0n) is 15.5. The van der Waals surface area contributed by atoms with Gasteiger partial charge in [0.2, 0.25) is 0 Å². The molecule has 7 nitrogen and oxygen atoms in total. The number of carbonyl (C=O) groups excluding carboxylic acids is 1. The quantitative estimate of drug-likeness (QED) is 0.722. The van der Waals surface area contributed by atoms with E-state index in [1.54, 1.807) is 20.0 Å². The monoisotopic (exact) mass is 450 g/mol. The highest BCUT2D eigenvalue weighted by atomic mass is 35.5. The number of halogens is 4. The van der Waals surface area contributed by atoms with E-state index in [1.165, 1.54) is 22.2 Å². The van der Waals surface area contributed by atoms with Gasteiger partial charge in [0.15, 0.2) is 0 Å². The van der Waals surface area contributed by atoms with Crippen LogP contribution in [0.5, 0.6) is 0 Å². The van der Waals surface area contributed by atoms with Crippen molar-refractivity contribution >= 4 is 28.8 Å². The third kappa shape index (κ3) is 3.43. The molecule has 0 aliphatic carbocycles. The van der Waals surface area contributed by atoms with Crippen molar-refractivity contribution in [3.63, 3.8) is 0 Å². The van der Waals surface area contributed by atoms with Gasteiger partial charge in [-0.15, -0.1) is 16.4 Å². The van der Waals surface area contributed by atoms with E-state index in [-0.39, 0.29) is 31.7 Å². The third-order valence-electron chi connectivity index (χ3n) is 5.45. The SMILES string of the molecule is Cn1cc([C@@H]2C[C@]3(CCN2C(=O)C(F)(F)F)OCC(C)(O)c2cc(Cl)sc23)nn1. The number of aryl methyl sites for hydroxylation is 1. The number of amides is 1. The van der Waals surface area contributed by atoms with Crippen LogP contribution >= 0.6 is 22.9 Å². The van der Waals surface area contributed by atoms with Crippen molar-refractivity contribution in [2.75, 3.05) is 13.2 Å². The third-order valence-corrected chi connectivity index (χ3v) is 6.90. The van der Waals surface area contributed by atoms with E-state index in [1.807, 2.05) is 0 Å². The molecule has 1 fully saturated rings. The number of fused-ring (bicyclic) bond motifs is 2. The summed E-state index contributed by atoms with van der Waals surface area (Å²) in [6.45, 7) is 1.38. The second-order valence-corrected chi connectivity index (χ2v) is 9.32. The lowest BCUT2D eigenvalue weighted by molar-refractivity contribution is -0.201. The molecule has 2 aliphatic rings. The molecule has 0 radical (unpaired) electrons. The molecule has 1 spiro atoms. The molecule has 0 saturated carbocycles. The maximum atomic E-state index is 13.2. The summed E-state index contributed by atoms with van der Waals surface area (Å²) in [4.78, 5) is 13.5. The number of aliphatic hydroxyl groups is 1. The fourth-order valence-electron chi connectivity index (χ4n) is 4.03. The molecule has 4 heterocycles. The van der Waals surface area contributed by atoms with Crippen LogP contribution in [0.25, 0.3) is 0 Å². The van der Waals surface area contributed by atoms with E-state index in [2.05, 4.69) is 10.3 Å². The number of hydrogen-bond donors (Lipinski definition) is 1. The number of alkyl halides is 3. The summed E-state index contributed by atoms with van der Waals surface area (Å²) >= 11 is 7.42. The molecule has 12 heteroatoms. The number of aromatic nitrogens is 3. The number of ether oxygens (including phenoxy) is 1. The number of hydrogen-bond acceptors (Lipinski definition) is 6. The zero-order valence-corrected chi connectivity index (χ0v) is 17.1. The van der Waals surface area contributed by atoms with Gasteiger partial charge in [-0.05, 0) is 19.4 Å². The molecule has 2 aromatic heterocycles. The molecule has 4 rings (SSSR count). The maximum absolute atomic E-state index is 13.2. The van der Waals surface area contributed by atoms with Crippen molar-refractivity contribution in [3.05, 3.63) is 32.7 Å². The summed E-state index contributed by atoms with van der Waals surface area (Å²) in [5.74, 6) is -1.92. The van der Waals surface area contributed by atoms with E-state index in [9.17, 15) is 23.1 Å². The van der Waals surface area contributed by atoms with Crippen molar-refractivity contribution in [2.45, 2.75) is 43.2 Å². The van der Waals surface area contributed by atoms with E-state index >= 15 is 0 Å². The minimum Gasteiger partial charge on any atom is -0.383 e. The van der Waals surface area contributed by atoms with Gasteiger partial charge in [-0.2, -0.15) is 13.2 Å². The average molecular weight is 451 g/mol. The van der Waals surface area contributed by atoms with Gasteiger partial charge in [-0.1, -0.05) is 16.8 Å². The zero-order chi connectivity index (χ0) is 21.2. The molecular weight excluding hydrogens is 433 g/mol. The lowest BCUT2D eigenvalue weighted by Gasteiger charge is -2.49. The molecule has 1 N–H and O–H groups in total. The smallest absolute Gasteiger partial charge is 0.383 e. The van der Waals surface area contributed by atoms with Gasteiger partial charge in [0.25, 0.3) is 0 Å². The topological polar surface area (TPSA) is 80.5 Å². The summed E-state index contributed by atoms with van der Waals surface area (Å²) in [6.07, 6.45) is -3.32. The number of rotatable bonds is 1. The minimum absolute atomic E-state index is 0.0343. The summed E-state index contributed by atoms with van der Waals surface area (Å²) in [5, 5.41) is 18.4. The predicted molar refractivity (Wildman–Crippen MR) is 97.3 cm³/mol. The molecule has 1 amide bonds. The minimum atomic E-state index is -5.00. The van der Waals surface area contributed by atoms with Gasteiger partial charge >= 0.3 is 12.1 Å². The lowest BCUT2D eigenvalue weighted by atomic mass is 9.78. The van der Waals surface area contributed by atoms with Crippen LogP contribution < -0.4 is 0 Å².